The van der Waals surface area contributed by atoms with Crippen molar-refractivity contribution in [2.75, 3.05) is 62.4 Å². The van der Waals surface area contributed by atoms with Gasteiger partial charge in [0.2, 0.25) is 11.1 Å². The molecule has 2 heterocycles. The number of methoxy groups -OCH3 is 2. The fourth-order valence-corrected chi connectivity index (χ4v) is 9.70. The summed E-state index contributed by atoms with van der Waals surface area (Å²) in [5.74, 6) is -8.14. The minimum Gasteiger partial charge on any atom is -0.493 e. The summed E-state index contributed by atoms with van der Waals surface area (Å²) in [4.78, 5) is 76.7. The molecule has 2 fully saturated rings. The Bertz CT molecular complexity index is 3230. The van der Waals surface area contributed by atoms with Crippen LogP contribution in [0.25, 0.3) is 0 Å². The average molecular weight is 1070 g/mol. The van der Waals surface area contributed by atoms with Gasteiger partial charge in [-0.15, -0.1) is 0 Å². The van der Waals surface area contributed by atoms with Crippen LogP contribution in [0.4, 0.5) is 20.2 Å². The van der Waals surface area contributed by atoms with Gasteiger partial charge in [0.1, 0.15) is 31.3 Å². The molecule has 0 unspecified atom stereocenters. The maximum atomic E-state index is 14.8. The number of carbonyl (C=O) groups is 6. The number of ether oxygens (including phenoxy) is 4. The zero-order valence-electron chi connectivity index (χ0n) is 44.4. The van der Waals surface area contributed by atoms with E-state index in [0.717, 1.165) is 43.6 Å². The number of hydrogen-bond acceptors (Lipinski definition) is 15. The molecule has 3 N–H and O–H groups in total. The maximum absolute atomic E-state index is 14.8. The molecule has 0 aromatic heterocycles. The van der Waals surface area contributed by atoms with Crippen molar-refractivity contribution in [1.29, 1.82) is 0 Å². The first-order chi connectivity index (χ1) is 35.7. The van der Waals surface area contributed by atoms with E-state index in [2.05, 4.69) is 5.32 Å². The number of imide groups is 2. The third-order valence-electron chi connectivity index (χ3n) is 11.2. The van der Waals surface area contributed by atoms with Crippen molar-refractivity contribution in [2.45, 2.75) is 59.0 Å². The van der Waals surface area contributed by atoms with Crippen molar-refractivity contribution in [3.05, 3.63) is 106 Å². The molecule has 18 nitrogen and oxygen atoms in total. The van der Waals surface area contributed by atoms with Gasteiger partial charge in [0, 0.05) is 30.0 Å². The van der Waals surface area contributed by atoms with E-state index >= 15 is 0 Å². The SMILES string of the molecule is C.O=C(Cl)C1CC1.[2H]C([2H])([2H])Oc1ccc([C@@H](CS(C)(=O)=O)N2C(=O)c3c(F)ccc(NC(=O)C4CC4)c3C2=O)cc1OCC.[2H]C([2H])([2H])Oc1ccc([C@@H](CS(C)(=O)=O)N2C(=O)c3c(N)ccc(F)c3C2=O)cc1OCC. The van der Waals surface area contributed by atoms with Crippen LogP contribution in [0, 0.1) is 23.5 Å². The molecular formula is C49H55ClF2N4O14S2. The summed E-state index contributed by atoms with van der Waals surface area (Å²) in [6.45, 7) is 3.48. The minimum atomic E-state index is -3.82. The Labute approximate surface area is 429 Å². The fraction of sp³-hybridized carbons (Fsp3) is 0.388. The van der Waals surface area contributed by atoms with E-state index in [-0.39, 0.29) is 100 Å². The number of anilines is 2. The number of hydrogen-bond donors (Lipinski definition) is 2. The second-order valence-corrected chi connectivity index (χ2v) is 21.5. The Kier molecular flexibility index (Phi) is 15.1. The second kappa shape index (κ2) is 22.8. The predicted molar refractivity (Wildman–Crippen MR) is 263 cm³/mol. The Morgan fingerprint density at radius 3 is 1.47 bits per heavy atom. The van der Waals surface area contributed by atoms with Gasteiger partial charge in [-0.25, -0.2) is 25.6 Å². The molecule has 0 bridgehead atoms. The molecule has 0 radical (unpaired) electrons. The lowest BCUT2D eigenvalue weighted by Crippen LogP contribution is -2.38. The molecule has 388 valence electrons. The number of nitrogen functional groups attached to an aromatic ring is 1. The van der Waals surface area contributed by atoms with Crippen molar-refractivity contribution in [1.82, 2.24) is 9.80 Å². The number of carbonyl (C=O) groups excluding carboxylic acids is 6. The van der Waals surface area contributed by atoms with E-state index < -0.39 is 104 Å². The van der Waals surface area contributed by atoms with Gasteiger partial charge in [-0.3, -0.25) is 38.6 Å². The van der Waals surface area contributed by atoms with Crippen LogP contribution in [-0.4, -0.2) is 113 Å². The van der Waals surface area contributed by atoms with Crippen LogP contribution >= 0.6 is 11.6 Å². The van der Waals surface area contributed by atoms with Crippen LogP contribution in [0.5, 0.6) is 23.0 Å². The first kappa shape index (κ1) is 47.7. The highest BCUT2D eigenvalue weighted by Gasteiger charge is 2.47. The first-order valence-corrected chi connectivity index (χ1v) is 26.2. The molecule has 4 aliphatic rings. The van der Waals surface area contributed by atoms with Gasteiger partial charge in [-0.05, 0) is 111 Å². The van der Waals surface area contributed by atoms with Gasteiger partial charge in [-0.1, -0.05) is 19.6 Å². The Morgan fingerprint density at radius 1 is 0.681 bits per heavy atom. The average Bonchev–Trinajstić information content (AvgIpc) is 4.25. The smallest absolute Gasteiger partial charge is 0.265 e. The third kappa shape index (κ3) is 12.7. The highest BCUT2D eigenvalue weighted by atomic mass is 35.5. The lowest BCUT2D eigenvalue weighted by atomic mass is 10.1. The lowest BCUT2D eigenvalue weighted by Gasteiger charge is -2.27. The molecule has 2 aliphatic heterocycles. The quantitative estimate of drug-likeness (QED) is 0.0616. The number of benzene rings is 4. The van der Waals surface area contributed by atoms with Gasteiger partial charge in [0.05, 0.1) is 87.0 Å². The summed E-state index contributed by atoms with van der Waals surface area (Å²) in [6.07, 6.45) is 5.21. The van der Waals surface area contributed by atoms with E-state index in [9.17, 15) is 54.4 Å². The number of rotatable bonds is 17. The van der Waals surface area contributed by atoms with Crippen LogP contribution in [-0.2, 0) is 29.3 Å². The van der Waals surface area contributed by atoms with Crippen molar-refractivity contribution in [3.63, 3.8) is 0 Å². The number of nitrogens with zero attached hydrogens (tertiary/aromatic N) is 2. The fourth-order valence-electron chi connectivity index (χ4n) is 7.65. The van der Waals surface area contributed by atoms with Gasteiger partial charge in [-0.2, -0.15) is 0 Å². The summed E-state index contributed by atoms with van der Waals surface area (Å²) in [5.41, 5.74) is 4.04. The van der Waals surface area contributed by atoms with Gasteiger partial charge in [0.25, 0.3) is 23.6 Å². The largest absolute Gasteiger partial charge is 0.493 e. The summed E-state index contributed by atoms with van der Waals surface area (Å²) >= 11 is 5.04. The van der Waals surface area contributed by atoms with E-state index in [1.165, 1.54) is 42.5 Å². The van der Waals surface area contributed by atoms with Crippen LogP contribution < -0.4 is 30.0 Å². The van der Waals surface area contributed by atoms with Crippen molar-refractivity contribution in [2.24, 2.45) is 11.8 Å². The molecule has 2 atom stereocenters. The summed E-state index contributed by atoms with van der Waals surface area (Å²) in [6, 6.07) is 9.05. The minimum absolute atomic E-state index is 0. The highest BCUT2D eigenvalue weighted by Crippen LogP contribution is 2.42. The van der Waals surface area contributed by atoms with E-state index in [4.69, 9.17) is 44.5 Å². The van der Waals surface area contributed by atoms with Crippen LogP contribution in [0.2, 0.25) is 0 Å². The topological polar surface area (TPSA) is 252 Å². The van der Waals surface area contributed by atoms with E-state index in [0.29, 0.717) is 22.6 Å². The number of halogens is 3. The first-order valence-electron chi connectivity index (χ1n) is 24.7. The summed E-state index contributed by atoms with van der Waals surface area (Å²) < 4.78 is 143. The van der Waals surface area contributed by atoms with E-state index in [1.807, 2.05) is 0 Å². The maximum Gasteiger partial charge on any atom is 0.265 e. The Balaban J connectivity index is 0.000000258. The third-order valence-corrected chi connectivity index (χ3v) is 13.4. The van der Waals surface area contributed by atoms with Crippen LogP contribution in [0.15, 0.2) is 60.7 Å². The number of fused-ring (bicyclic) bond motifs is 2. The van der Waals surface area contributed by atoms with Gasteiger partial charge >= 0.3 is 0 Å². The molecule has 0 spiro atoms. The molecule has 72 heavy (non-hydrogen) atoms. The number of nitrogens with two attached hydrogens (primary N) is 1. The predicted octanol–water partition coefficient (Wildman–Crippen LogP) is 6.96. The van der Waals surface area contributed by atoms with Crippen molar-refractivity contribution >= 4 is 77.4 Å². The standard InChI is InChI=1S/C24H25FN2O7S.C20H21FN2O6S.C4H5ClO.CH4/c1-4-34-19-11-14(7-10-18(19)33-2)17(12-35(3,31)32)27-23(29)20-15(25)8-9-16(21(20)24(27)30)26-22(28)13-5-6-13;1-4-29-16-9-11(5-8-15(16)28-2)14(10-30(3,26)27)23-19(24)17-12(21)6-7-13(22)18(17)20(23)25;5-4(6)3-1-2-3;/h7-11,13,17H,4-6,12H2,1-3H3,(H,26,28);5-9,14H,4,10,22H2,1-3H3;3H,1-2H2;1H4/t17-;14-;;/m11../s1/i2*2D3;;. The molecular weight excluding hydrogens is 1010 g/mol. The molecule has 5 amide bonds. The molecule has 4 aromatic rings. The number of nitrogens with one attached hydrogen (secondary N) is 1. The van der Waals surface area contributed by atoms with Gasteiger partial charge < -0.3 is 30.0 Å². The molecule has 23 heteroatoms. The summed E-state index contributed by atoms with van der Waals surface area (Å²) in [7, 11) is -13.2. The molecule has 8 rings (SSSR count). The van der Waals surface area contributed by atoms with Crippen molar-refractivity contribution < 1.29 is 81.6 Å². The molecule has 0 saturated heterocycles. The number of sulfone groups is 2. The molecule has 4 aromatic carbocycles. The zero-order valence-corrected chi connectivity index (χ0v) is 40.8. The highest BCUT2D eigenvalue weighted by molar-refractivity contribution is 7.90. The molecule has 2 saturated carbocycles. The zero-order chi connectivity index (χ0) is 57.3. The van der Waals surface area contributed by atoms with E-state index in [1.54, 1.807) is 13.8 Å². The second-order valence-electron chi connectivity index (χ2n) is 16.7. The normalized spacial score (nSPS) is 17.3. The van der Waals surface area contributed by atoms with Gasteiger partial charge in [0.15, 0.2) is 23.0 Å². The van der Waals surface area contributed by atoms with Crippen LogP contribution in [0.1, 0.15) is 120 Å². The molecule has 2 aliphatic carbocycles. The number of amides is 5. The monoisotopic (exact) mass is 1070 g/mol. The Morgan fingerprint density at radius 2 is 1.10 bits per heavy atom. The summed E-state index contributed by atoms with van der Waals surface area (Å²) in [5, 5.41) is 2.41. The van der Waals surface area contributed by atoms with Crippen LogP contribution in [0.3, 0.4) is 0 Å². The lowest BCUT2D eigenvalue weighted by molar-refractivity contribution is -0.117. The Hall–Kier alpha value is -6.65. The van der Waals surface area contributed by atoms with Crippen molar-refractivity contribution in [3.8, 4) is 23.0 Å².